The van der Waals surface area contributed by atoms with E-state index in [-0.39, 0.29) is 17.9 Å². The van der Waals surface area contributed by atoms with Gasteiger partial charge in [0.1, 0.15) is 5.75 Å². The molecule has 0 aliphatic carbocycles. The molecule has 0 spiro atoms. The molecule has 2 aromatic rings. The summed E-state index contributed by atoms with van der Waals surface area (Å²) in [4.78, 5) is 14.6. The zero-order chi connectivity index (χ0) is 23.4. The maximum absolute atomic E-state index is 12.8. The smallest absolute Gasteiger partial charge is 0.264 e. The highest BCUT2D eigenvalue weighted by atomic mass is 35.5. The Morgan fingerprint density at radius 3 is 2.59 bits per heavy atom. The Bertz CT molecular complexity index is 1080. The van der Waals surface area contributed by atoms with Crippen LogP contribution < -0.4 is 4.74 Å². The first-order valence-corrected chi connectivity index (χ1v) is 12.9. The molecular weight excluding hydrogens is 473 g/mol. The van der Waals surface area contributed by atoms with Crippen LogP contribution in [0.25, 0.3) is 0 Å². The van der Waals surface area contributed by atoms with Crippen LogP contribution in [0.1, 0.15) is 36.8 Å². The number of hydrogen-bond donors (Lipinski definition) is 0. The fourth-order valence-electron chi connectivity index (χ4n) is 4.20. The molecule has 1 saturated heterocycles. The topological polar surface area (TPSA) is 72.9 Å². The molecule has 0 radical (unpaired) electrons. The van der Waals surface area contributed by atoms with Crippen LogP contribution in [-0.4, -0.2) is 45.7 Å². The number of nitrogens with zero attached hydrogens (tertiary/aromatic N) is 1. The van der Waals surface area contributed by atoms with Crippen LogP contribution in [-0.2, 0) is 31.1 Å². The van der Waals surface area contributed by atoms with Crippen molar-refractivity contribution in [2.24, 2.45) is 0 Å². The molecule has 1 atom stereocenters. The molecule has 174 valence electrons. The molecule has 1 heterocycles. The highest BCUT2D eigenvalue weighted by Gasteiger charge is 2.40. The molecule has 0 bridgehead atoms. The van der Waals surface area contributed by atoms with Crippen LogP contribution in [0.3, 0.4) is 0 Å². The summed E-state index contributed by atoms with van der Waals surface area (Å²) >= 11 is 12.4. The van der Waals surface area contributed by atoms with Crippen molar-refractivity contribution in [3.05, 3.63) is 63.6 Å². The lowest BCUT2D eigenvalue weighted by molar-refractivity contribution is -0.136. The number of hydrogen-bond acceptors (Lipinski definition) is 5. The Hall–Kier alpha value is -1.80. The van der Waals surface area contributed by atoms with Gasteiger partial charge in [0, 0.05) is 24.9 Å². The molecule has 9 heteroatoms. The normalized spacial score (nSPS) is 19.2. The first-order chi connectivity index (χ1) is 15.1. The van der Waals surface area contributed by atoms with Gasteiger partial charge >= 0.3 is 0 Å². The van der Waals surface area contributed by atoms with E-state index in [0.717, 1.165) is 23.1 Å². The maximum atomic E-state index is 12.8. The standard InChI is InChI=1S/C23H27Cl2NO5S/c1-30-19-6-3-5-17(13-19)15-26-16-23(11-9-22(26)27,10-4-12-31-32(2,28)29)18-7-8-20(24)21(25)14-18/h3,5-8,13-14H,4,9-12,15-16H2,1-2H3. The molecule has 3 rings (SSSR count). The molecule has 0 saturated carbocycles. The summed E-state index contributed by atoms with van der Waals surface area (Å²) in [7, 11) is -1.90. The average molecular weight is 500 g/mol. The third-order valence-electron chi connectivity index (χ3n) is 5.80. The molecule has 1 fully saturated rings. The Morgan fingerprint density at radius 2 is 1.91 bits per heavy atom. The summed E-state index contributed by atoms with van der Waals surface area (Å²) in [6.45, 7) is 1.03. The van der Waals surface area contributed by atoms with Gasteiger partial charge < -0.3 is 9.64 Å². The number of ether oxygens (including phenoxy) is 1. The van der Waals surface area contributed by atoms with E-state index < -0.39 is 10.1 Å². The first kappa shape index (κ1) is 24.8. The van der Waals surface area contributed by atoms with Gasteiger partial charge in [-0.1, -0.05) is 41.4 Å². The zero-order valence-corrected chi connectivity index (χ0v) is 20.5. The van der Waals surface area contributed by atoms with Crippen LogP contribution in [0.5, 0.6) is 5.75 Å². The summed E-state index contributed by atoms with van der Waals surface area (Å²) in [6, 6.07) is 13.2. The van der Waals surface area contributed by atoms with Crippen molar-refractivity contribution >= 4 is 39.2 Å². The lowest BCUT2D eigenvalue weighted by atomic mass is 9.71. The highest BCUT2D eigenvalue weighted by Crippen LogP contribution is 2.41. The van der Waals surface area contributed by atoms with E-state index in [0.29, 0.717) is 48.8 Å². The van der Waals surface area contributed by atoms with Gasteiger partial charge in [-0.2, -0.15) is 8.42 Å². The van der Waals surface area contributed by atoms with Crippen molar-refractivity contribution in [3.8, 4) is 5.75 Å². The van der Waals surface area contributed by atoms with E-state index in [1.807, 2.05) is 41.3 Å². The summed E-state index contributed by atoms with van der Waals surface area (Å²) < 4.78 is 32.9. The quantitative estimate of drug-likeness (QED) is 0.365. The van der Waals surface area contributed by atoms with Crippen LogP contribution in [0, 0.1) is 0 Å². The van der Waals surface area contributed by atoms with Crippen LogP contribution >= 0.6 is 23.2 Å². The molecular formula is C23H27Cl2NO5S. The molecule has 1 aliphatic heterocycles. The SMILES string of the molecule is COc1cccc(CN2CC(CCCOS(C)(=O)=O)(c3ccc(Cl)c(Cl)c3)CCC2=O)c1. The lowest BCUT2D eigenvalue weighted by Gasteiger charge is -2.43. The Kier molecular flexibility index (Phi) is 8.09. The molecule has 0 N–H and O–H groups in total. The van der Waals surface area contributed by atoms with E-state index >= 15 is 0 Å². The third kappa shape index (κ3) is 6.38. The van der Waals surface area contributed by atoms with E-state index in [2.05, 4.69) is 0 Å². The lowest BCUT2D eigenvalue weighted by Crippen LogP contribution is -2.48. The fraction of sp³-hybridized carbons (Fsp3) is 0.435. The van der Waals surface area contributed by atoms with E-state index in [1.54, 1.807) is 13.2 Å². The molecule has 0 aromatic heterocycles. The molecule has 1 aliphatic rings. The van der Waals surface area contributed by atoms with Gasteiger partial charge in [-0.15, -0.1) is 0 Å². The van der Waals surface area contributed by atoms with Crippen LogP contribution in [0.2, 0.25) is 10.0 Å². The van der Waals surface area contributed by atoms with Crippen LogP contribution in [0.15, 0.2) is 42.5 Å². The van der Waals surface area contributed by atoms with Crippen molar-refractivity contribution in [2.45, 2.75) is 37.6 Å². The van der Waals surface area contributed by atoms with E-state index in [9.17, 15) is 13.2 Å². The second kappa shape index (κ2) is 10.4. The minimum atomic E-state index is -3.51. The van der Waals surface area contributed by atoms with Crippen molar-refractivity contribution in [2.75, 3.05) is 26.5 Å². The predicted molar refractivity (Wildman–Crippen MR) is 126 cm³/mol. The molecule has 32 heavy (non-hydrogen) atoms. The Labute approximate surface area is 199 Å². The molecule has 2 aromatic carbocycles. The second-order valence-electron chi connectivity index (χ2n) is 8.14. The highest BCUT2D eigenvalue weighted by molar-refractivity contribution is 7.85. The van der Waals surface area contributed by atoms with Gasteiger partial charge in [-0.05, 0) is 54.7 Å². The number of benzene rings is 2. The van der Waals surface area contributed by atoms with Crippen molar-refractivity contribution in [3.63, 3.8) is 0 Å². The third-order valence-corrected chi connectivity index (χ3v) is 7.13. The number of halogens is 2. The van der Waals surface area contributed by atoms with E-state index in [1.165, 1.54) is 0 Å². The Balaban J connectivity index is 1.86. The van der Waals surface area contributed by atoms with Crippen molar-refractivity contribution in [1.82, 2.24) is 4.90 Å². The van der Waals surface area contributed by atoms with Crippen LogP contribution in [0.4, 0.5) is 0 Å². The van der Waals surface area contributed by atoms with Gasteiger partial charge in [-0.3, -0.25) is 8.98 Å². The minimum absolute atomic E-state index is 0.0795. The second-order valence-corrected chi connectivity index (χ2v) is 10.6. The summed E-state index contributed by atoms with van der Waals surface area (Å²) in [6.07, 6.45) is 3.22. The number of amides is 1. The number of carbonyl (C=O) groups is 1. The number of likely N-dealkylation sites (tertiary alicyclic amines) is 1. The minimum Gasteiger partial charge on any atom is -0.497 e. The zero-order valence-electron chi connectivity index (χ0n) is 18.1. The van der Waals surface area contributed by atoms with Gasteiger partial charge in [-0.25, -0.2) is 0 Å². The number of methoxy groups -OCH3 is 1. The number of carbonyl (C=O) groups excluding carboxylic acids is 1. The molecule has 6 nitrogen and oxygen atoms in total. The van der Waals surface area contributed by atoms with E-state index in [4.69, 9.17) is 32.1 Å². The predicted octanol–water partition coefficient (Wildman–Crippen LogP) is 4.82. The molecule has 1 unspecified atom stereocenters. The first-order valence-electron chi connectivity index (χ1n) is 10.3. The average Bonchev–Trinajstić information content (AvgIpc) is 2.75. The monoisotopic (exact) mass is 499 g/mol. The summed E-state index contributed by atoms with van der Waals surface area (Å²) in [5, 5.41) is 0.915. The van der Waals surface area contributed by atoms with Gasteiger partial charge in [0.15, 0.2) is 0 Å². The Morgan fingerprint density at radius 1 is 1.12 bits per heavy atom. The van der Waals surface area contributed by atoms with Gasteiger partial charge in [0.25, 0.3) is 10.1 Å². The van der Waals surface area contributed by atoms with Crippen molar-refractivity contribution in [1.29, 1.82) is 0 Å². The number of rotatable bonds is 9. The van der Waals surface area contributed by atoms with Gasteiger partial charge in [0.05, 0.1) is 30.0 Å². The summed E-state index contributed by atoms with van der Waals surface area (Å²) in [5.41, 5.74) is 1.57. The van der Waals surface area contributed by atoms with Crippen molar-refractivity contribution < 1.29 is 22.1 Å². The number of piperidine rings is 1. The largest absolute Gasteiger partial charge is 0.497 e. The van der Waals surface area contributed by atoms with Gasteiger partial charge in [0.2, 0.25) is 5.91 Å². The fourth-order valence-corrected chi connectivity index (χ4v) is 4.92. The molecule has 1 amide bonds. The maximum Gasteiger partial charge on any atom is 0.264 e. The summed E-state index contributed by atoms with van der Waals surface area (Å²) in [5.74, 6) is 0.816.